The number of ether oxygens (including phenoxy) is 1. The van der Waals surface area contributed by atoms with Gasteiger partial charge in [0.25, 0.3) is 0 Å². The SMILES string of the molecule is CC[C@H]1[C@H](C)C(Nc2ccc(C#N)cn2)c2cc(N3CCN(C(=O)OC(C)(C)C)CC3)ccc2N1C(C)=O. The zero-order chi connectivity index (χ0) is 27.6. The third-order valence-corrected chi connectivity index (χ3v) is 7.32. The first-order valence-electron chi connectivity index (χ1n) is 13.3. The fourth-order valence-corrected chi connectivity index (χ4v) is 5.47. The maximum atomic E-state index is 12.8. The van der Waals surface area contributed by atoms with Crippen molar-refractivity contribution < 1.29 is 14.3 Å². The minimum Gasteiger partial charge on any atom is -0.444 e. The molecule has 1 aromatic carbocycles. The van der Waals surface area contributed by atoms with Crippen LogP contribution in [0.3, 0.4) is 0 Å². The van der Waals surface area contributed by atoms with Gasteiger partial charge in [-0.05, 0) is 57.5 Å². The highest BCUT2D eigenvalue weighted by Gasteiger charge is 2.40. The van der Waals surface area contributed by atoms with Crippen LogP contribution in [-0.4, -0.2) is 59.7 Å². The molecule has 0 radical (unpaired) electrons. The Morgan fingerprint density at radius 3 is 2.42 bits per heavy atom. The molecule has 1 unspecified atom stereocenters. The van der Waals surface area contributed by atoms with E-state index in [-0.39, 0.29) is 30.0 Å². The van der Waals surface area contributed by atoms with Gasteiger partial charge in [0.05, 0.1) is 11.6 Å². The number of amides is 2. The van der Waals surface area contributed by atoms with Crippen molar-refractivity contribution >= 4 is 29.2 Å². The minimum absolute atomic E-state index is 0.0265. The second-order valence-corrected chi connectivity index (χ2v) is 11.1. The number of hydrogen-bond acceptors (Lipinski definition) is 7. The van der Waals surface area contributed by atoms with Crippen molar-refractivity contribution in [2.75, 3.05) is 41.3 Å². The van der Waals surface area contributed by atoms with Gasteiger partial charge < -0.3 is 24.8 Å². The molecule has 2 amide bonds. The molecule has 202 valence electrons. The zero-order valence-electron chi connectivity index (χ0n) is 23.2. The molecule has 2 aliphatic heterocycles. The van der Waals surface area contributed by atoms with Crippen LogP contribution in [0.15, 0.2) is 36.5 Å². The molecule has 9 nitrogen and oxygen atoms in total. The monoisotopic (exact) mass is 518 g/mol. The van der Waals surface area contributed by atoms with Gasteiger partial charge in [0.2, 0.25) is 5.91 Å². The molecule has 3 heterocycles. The van der Waals surface area contributed by atoms with Crippen LogP contribution < -0.4 is 15.1 Å². The fourth-order valence-electron chi connectivity index (χ4n) is 5.47. The Balaban J connectivity index is 1.62. The maximum absolute atomic E-state index is 12.8. The molecule has 1 saturated heterocycles. The number of nitrogens with one attached hydrogen (secondary N) is 1. The lowest BCUT2D eigenvalue weighted by Gasteiger charge is -2.46. The Bertz CT molecular complexity index is 1210. The van der Waals surface area contributed by atoms with Gasteiger partial charge in [0.15, 0.2) is 0 Å². The number of hydrogen-bond donors (Lipinski definition) is 1. The number of nitrogens with zero attached hydrogens (tertiary/aromatic N) is 5. The summed E-state index contributed by atoms with van der Waals surface area (Å²) in [5.74, 6) is 0.834. The molecule has 0 aliphatic carbocycles. The number of nitriles is 1. The normalized spacial score (nSPS) is 21.4. The van der Waals surface area contributed by atoms with Crippen LogP contribution >= 0.6 is 0 Å². The van der Waals surface area contributed by atoms with Crippen LogP contribution in [0.5, 0.6) is 0 Å². The number of pyridine rings is 1. The average molecular weight is 519 g/mol. The highest BCUT2D eigenvalue weighted by Crippen LogP contribution is 2.44. The number of carbonyl (C=O) groups is 2. The lowest BCUT2D eigenvalue weighted by Crippen LogP contribution is -2.51. The standard InChI is InChI=1S/C29H38N6O3/c1-7-24-19(2)27(32-26-11-8-21(17-30)18-31-26)23-16-22(9-10-25(23)35(24)20(3)36)33-12-14-34(15-13-33)28(37)38-29(4,5)6/h8-11,16,18-19,24,27H,7,12-15H2,1-6H3,(H,31,32)/t19-,24-,27?/m0/s1. The summed E-state index contributed by atoms with van der Waals surface area (Å²) in [6, 6.07) is 11.9. The fraction of sp³-hybridized carbons (Fsp3) is 0.517. The predicted octanol–water partition coefficient (Wildman–Crippen LogP) is 4.94. The molecule has 2 aliphatic rings. The molecule has 1 N–H and O–H groups in total. The van der Waals surface area contributed by atoms with Gasteiger partial charge in [-0.25, -0.2) is 9.78 Å². The van der Waals surface area contributed by atoms with Crippen molar-refractivity contribution in [2.45, 2.75) is 65.6 Å². The highest BCUT2D eigenvalue weighted by atomic mass is 16.6. The van der Waals surface area contributed by atoms with E-state index >= 15 is 0 Å². The van der Waals surface area contributed by atoms with Crippen molar-refractivity contribution in [3.63, 3.8) is 0 Å². The van der Waals surface area contributed by atoms with Crippen molar-refractivity contribution in [3.05, 3.63) is 47.7 Å². The van der Waals surface area contributed by atoms with E-state index in [9.17, 15) is 9.59 Å². The summed E-state index contributed by atoms with van der Waals surface area (Å²) in [4.78, 5) is 35.7. The highest BCUT2D eigenvalue weighted by molar-refractivity contribution is 5.94. The molecule has 2 aromatic rings. The number of piperazine rings is 1. The average Bonchev–Trinajstić information content (AvgIpc) is 2.89. The summed E-state index contributed by atoms with van der Waals surface area (Å²) in [7, 11) is 0. The molecular weight excluding hydrogens is 480 g/mol. The zero-order valence-corrected chi connectivity index (χ0v) is 23.2. The summed E-state index contributed by atoms with van der Waals surface area (Å²) in [5.41, 5.74) is 2.99. The van der Waals surface area contributed by atoms with E-state index < -0.39 is 5.60 Å². The van der Waals surface area contributed by atoms with Crippen LogP contribution in [0.4, 0.5) is 22.0 Å². The molecule has 3 atom stereocenters. The van der Waals surface area contributed by atoms with Gasteiger partial charge in [-0.1, -0.05) is 13.8 Å². The van der Waals surface area contributed by atoms with E-state index in [1.807, 2.05) is 37.8 Å². The van der Waals surface area contributed by atoms with Gasteiger partial charge in [-0.3, -0.25) is 4.79 Å². The summed E-state index contributed by atoms with van der Waals surface area (Å²) < 4.78 is 5.54. The quantitative estimate of drug-likeness (QED) is 0.611. The van der Waals surface area contributed by atoms with Crippen LogP contribution in [0.25, 0.3) is 0 Å². The van der Waals surface area contributed by atoms with Crippen LogP contribution in [0.1, 0.15) is 65.1 Å². The number of anilines is 3. The molecule has 0 spiro atoms. The molecular formula is C29H38N6O3. The molecule has 1 aromatic heterocycles. The molecule has 4 rings (SSSR count). The minimum atomic E-state index is -0.520. The Kier molecular flexibility index (Phi) is 7.81. The van der Waals surface area contributed by atoms with E-state index in [0.29, 0.717) is 37.6 Å². The van der Waals surface area contributed by atoms with Gasteiger partial charge in [-0.2, -0.15) is 5.26 Å². The number of benzene rings is 1. The lowest BCUT2D eigenvalue weighted by atomic mass is 9.80. The number of rotatable bonds is 4. The van der Waals surface area contributed by atoms with Gasteiger partial charge in [0.1, 0.15) is 17.5 Å². The molecule has 1 fully saturated rings. The third kappa shape index (κ3) is 5.69. The van der Waals surface area contributed by atoms with Crippen LogP contribution in [0.2, 0.25) is 0 Å². The van der Waals surface area contributed by atoms with Crippen molar-refractivity contribution in [2.24, 2.45) is 5.92 Å². The van der Waals surface area contributed by atoms with Gasteiger partial charge >= 0.3 is 6.09 Å². The lowest BCUT2D eigenvalue weighted by molar-refractivity contribution is -0.117. The second-order valence-electron chi connectivity index (χ2n) is 11.1. The first-order valence-corrected chi connectivity index (χ1v) is 13.3. The first-order chi connectivity index (χ1) is 18.0. The molecule has 38 heavy (non-hydrogen) atoms. The Hall–Kier alpha value is -3.80. The van der Waals surface area contributed by atoms with Gasteiger partial charge in [0, 0.05) is 68.2 Å². The van der Waals surface area contributed by atoms with E-state index in [1.54, 1.807) is 24.1 Å². The van der Waals surface area contributed by atoms with E-state index in [4.69, 9.17) is 10.00 Å². The van der Waals surface area contributed by atoms with E-state index in [2.05, 4.69) is 47.3 Å². The summed E-state index contributed by atoms with van der Waals surface area (Å²) in [6.45, 7) is 14.1. The van der Waals surface area contributed by atoms with Crippen LogP contribution in [0, 0.1) is 17.2 Å². The summed E-state index contributed by atoms with van der Waals surface area (Å²) >= 11 is 0. The van der Waals surface area contributed by atoms with E-state index in [0.717, 1.165) is 23.4 Å². The molecule has 0 saturated carbocycles. The second kappa shape index (κ2) is 10.9. The number of fused-ring (bicyclic) bond motifs is 1. The van der Waals surface area contributed by atoms with Crippen molar-refractivity contribution in [3.8, 4) is 6.07 Å². The van der Waals surface area contributed by atoms with Crippen LogP contribution in [-0.2, 0) is 9.53 Å². The first kappa shape index (κ1) is 27.2. The Morgan fingerprint density at radius 2 is 1.87 bits per heavy atom. The molecule has 0 bridgehead atoms. The predicted molar refractivity (Wildman–Crippen MR) is 148 cm³/mol. The topological polar surface area (TPSA) is 102 Å². The summed E-state index contributed by atoms with van der Waals surface area (Å²) in [5, 5.41) is 12.7. The Labute approximate surface area is 225 Å². The number of carbonyl (C=O) groups excluding carboxylic acids is 2. The largest absolute Gasteiger partial charge is 0.444 e. The molecule has 9 heteroatoms. The number of aromatic nitrogens is 1. The van der Waals surface area contributed by atoms with Crippen molar-refractivity contribution in [1.29, 1.82) is 5.26 Å². The van der Waals surface area contributed by atoms with E-state index in [1.165, 1.54) is 0 Å². The Morgan fingerprint density at radius 1 is 1.16 bits per heavy atom. The van der Waals surface area contributed by atoms with Gasteiger partial charge in [-0.15, -0.1) is 0 Å². The summed E-state index contributed by atoms with van der Waals surface area (Å²) in [6.07, 6.45) is 2.11. The maximum Gasteiger partial charge on any atom is 0.410 e. The third-order valence-electron chi connectivity index (χ3n) is 7.32. The smallest absolute Gasteiger partial charge is 0.410 e. The van der Waals surface area contributed by atoms with Crippen molar-refractivity contribution in [1.82, 2.24) is 9.88 Å².